The molecule has 0 bridgehead atoms. The zero-order valence-electron chi connectivity index (χ0n) is 17.8. The van der Waals surface area contributed by atoms with Crippen LogP contribution in [0.25, 0.3) is 17.0 Å². The van der Waals surface area contributed by atoms with E-state index in [2.05, 4.69) is 58.5 Å². The summed E-state index contributed by atoms with van der Waals surface area (Å²) in [7, 11) is 0. The standard InChI is InChI=1S/C22H28FN7/c1-21(2)9-15(10-22(3,4)30-21)27-20-17(24)8-18(28-29-20)19-16(23)7-14(12-26-19)13-5-6-25-11-13/h5,7-8,11-12,15,30H,6,9-10H2,1-4H3,(H2,24,28)(H,27,29). The van der Waals surface area contributed by atoms with Crippen LogP contribution < -0.4 is 16.4 Å². The number of nitrogens with one attached hydrogen (secondary N) is 2. The van der Waals surface area contributed by atoms with Gasteiger partial charge in [0.05, 0.1) is 12.2 Å². The summed E-state index contributed by atoms with van der Waals surface area (Å²) in [5, 5.41) is 15.5. The molecule has 2 aromatic heterocycles. The van der Waals surface area contributed by atoms with E-state index in [1.165, 1.54) is 6.07 Å². The van der Waals surface area contributed by atoms with E-state index in [9.17, 15) is 4.39 Å². The third-order valence-electron chi connectivity index (χ3n) is 5.42. The first-order valence-corrected chi connectivity index (χ1v) is 10.2. The van der Waals surface area contributed by atoms with E-state index < -0.39 is 5.82 Å². The molecule has 0 spiro atoms. The number of nitrogens with zero attached hydrogens (tertiary/aromatic N) is 4. The maximum absolute atomic E-state index is 14.7. The van der Waals surface area contributed by atoms with Gasteiger partial charge in [-0.25, -0.2) is 4.39 Å². The van der Waals surface area contributed by atoms with Crippen molar-refractivity contribution < 1.29 is 4.39 Å². The summed E-state index contributed by atoms with van der Waals surface area (Å²) < 4.78 is 14.7. The average molecular weight is 410 g/mol. The molecule has 2 aromatic rings. The predicted molar refractivity (Wildman–Crippen MR) is 119 cm³/mol. The molecule has 158 valence electrons. The van der Waals surface area contributed by atoms with Crippen molar-refractivity contribution in [2.24, 2.45) is 4.99 Å². The Kier molecular flexibility index (Phi) is 5.05. The summed E-state index contributed by atoms with van der Waals surface area (Å²) in [6, 6.07) is 3.26. The third kappa shape index (κ3) is 4.33. The summed E-state index contributed by atoms with van der Waals surface area (Å²) >= 11 is 0. The van der Waals surface area contributed by atoms with Crippen LogP contribution in [-0.4, -0.2) is 45.1 Å². The van der Waals surface area contributed by atoms with Crippen molar-refractivity contribution in [2.45, 2.75) is 57.7 Å². The fraction of sp³-hybridized carbons (Fsp3) is 0.455. The SMILES string of the molecule is CC1(C)CC(Nc2nnc(-c3ncc(C4=CCN=C4)cc3F)cc2N)CC(C)(C)N1. The van der Waals surface area contributed by atoms with Gasteiger partial charge in [-0.2, -0.15) is 0 Å². The number of piperidine rings is 1. The molecule has 0 atom stereocenters. The molecule has 7 nitrogen and oxygen atoms in total. The number of hydrogen-bond donors (Lipinski definition) is 3. The fourth-order valence-corrected chi connectivity index (χ4v) is 4.58. The minimum atomic E-state index is -0.468. The predicted octanol–water partition coefficient (Wildman–Crippen LogP) is 3.45. The highest BCUT2D eigenvalue weighted by Gasteiger charge is 2.37. The van der Waals surface area contributed by atoms with Gasteiger partial charge in [-0.05, 0) is 58.2 Å². The highest BCUT2D eigenvalue weighted by Crippen LogP contribution is 2.32. The zero-order valence-corrected chi connectivity index (χ0v) is 17.8. The van der Waals surface area contributed by atoms with Gasteiger partial charge >= 0.3 is 0 Å². The zero-order chi connectivity index (χ0) is 21.5. The van der Waals surface area contributed by atoms with Crippen molar-refractivity contribution in [1.82, 2.24) is 20.5 Å². The van der Waals surface area contributed by atoms with Crippen LogP contribution in [-0.2, 0) is 0 Å². The lowest BCUT2D eigenvalue weighted by Crippen LogP contribution is -2.60. The lowest BCUT2D eigenvalue weighted by atomic mass is 9.79. The number of pyridine rings is 1. The van der Waals surface area contributed by atoms with Gasteiger partial charge in [-0.15, -0.1) is 10.2 Å². The number of rotatable bonds is 4. The normalized spacial score (nSPS) is 20.2. The Morgan fingerprint density at radius 2 is 1.87 bits per heavy atom. The quantitative estimate of drug-likeness (QED) is 0.715. The average Bonchev–Trinajstić information content (AvgIpc) is 3.15. The summed E-state index contributed by atoms with van der Waals surface area (Å²) in [4.78, 5) is 8.37. The number of halogens is 1. The number of allylic oxidation sites excluding steroid dienone is 1. The molecule has 4 N–H and O–H groups in total. The number of nitrogen functional groups attached to an aromatic ring is 1. The summed E-state index contributed by atoms with van der Waals surface area (Å²) in [5.74, 6) is 0.0477. The Balaban J connectivity index is 1.54. The molecule has 0 saturated carbocycles. The van der Waals surface area contributed by atoms with E-state index in [0.717, 1.165) is 18.4 Å². The largest absolute Gasteiger partial charge is 0.396 e. The molecule has 4 heterocycles. The summed E-state index contributed by atoms with van der Waals surface area (Å²) in [5.41, 5.74) is 8.64. The summed E-state index contributed by atoms with van der Waals surface area (Å²) in [6.07, 6.45) is 7.12. The molecule has 2 aliphatic heterocycles. The minimum Gasteiger partial charge on any atom is -0.396 e. The lowest BCUT2D eigenvalue weighted by molar-refractivity contribution is 0.170. The Morgan fingerprint density at radius 3 is 2.47 bits per heavy atom. The van der Waals surface area contributed by atoms with Gasteiger partial charge < -0.3 is 16.4 Å². The molecule has 0 aromatic carbocycles. The van der Waals surface area contributed by atoms with Crippen molar-refractivity contribution in [2.75, 3.05) is 17.6 Å². The Hall–Kier alpha value is -2.87. The molecule has 0 amide bonds. The molecule has 4 rings (SSSR count). The maximum atomic E-state index is 14.7. The first kappa shape index (κ1) is 20.4. The van der Waals surface area contributed by atoms with Gasteiger partial charge in [0, 0.05) is 35.1 Å². The monoisotopic (exact) mass is 409 g/mol. The molecule has 0 unspecified atom stereocenters. The molecule has 30 heavy (non-hydrogen) atoms. The van der Waals surface area contributed by atoms with Crippen LogP contribution in [0.4, 0.5) is 15.9 Å². The Labute approximate surface area is 176 Å². The number of hydrogen-bond acceptors (Lipinski definition) is 7. The lowest BCUT2D eigenvalue weighted by Gasteiger charge is -2.46. The van der Waals surface area contributed by atoms with Crippen LogP contribution in [0.15, 0.2) is 29.4 Å². The minimum absolute atomic E-state index is 0.00416. The number of aliphatic imine (C=N–C) groups is 1. The molecule has 1 saturated heterocycles. The van der Waals surface area contributed by atoms with E-state index in [1.54, 1.807) is 18.5 Å². The summed E-state index contributed by atoms with van der Waals surface area (Å²) in [6.45, 7) is 9.36. The van der Waals surface area contributed by atoms with Crippen LogP contribution >= 0.6 is 0 Å². The molecular weight excluding hydrogens is 381 g/mol. The van der Waals surface area contributed by atoms with Gasteiger partial charge in [0.1, 0.15) is 11.4 Å². The van der Waals surface area contributed by atoms with Gasteiger partial charge in [-0.1, -0.05) is 6.08 Å². The second-order valence-corrected chi connectivity index (χ2v) is 9.38. The number of aromatic nitrogens is 3. The van der Waals surface area contributed by atoms with Crippen LogP contribution in [0, 0.1) is 5.82 Å². The van der Waals surface area contributed by atoms with Crippen molar-refractivity contribution in [3.05, 3.63) is 35.8 Å². The fourth-order valence-electron chi connectivity index (χ4n) is 4.58. The van der Waals surface area contributed by atoms with Crippen LogP contribution in [0.3, 0.4) is 0 Å². The number of nitrogens with two attached hydrogens (primary N) is 1. The highest BCUT2D eigenvalue weighted by molar-refractivity contribution is 6.11. The van der Waals surface area contributed by atoms with E-state index >= 15 is 0 Å². The second kappa shape index (κ2) is 7.43. The van der Waals surface area contributed by atoms with Gasteiger partial charge in [0.15, 0.2) is 11.6 Å². The van der Waals surface area contributed by atoms with Crippen LogP contribution in [0.2, 0.25) is 0 Å². The first-order chi connectivity index (χ1) is 14.1. The van der Waals surface area contributed by atoms with Gasteiger partial charge in [0.25, 0.3) is 0 Å². The van der Waals surface area contributed by atoms with Gasteiger partial charge in [-0.3, -0.25) is 9.98 Å². The molecular formula is C22H28FN7. The van der Waals surface area contributed by atoms with E-state index in [0.29, 0.717) is 29.3 Å². The molecule has 0 radical (unpaired) electrons. The molecule has 8 heteroatoms. The molecule has 0 aliphatic carbocycles. The van der Waals surface area contributed by atoms with Crippen molar-refractivity contribution in [3.8, 4) is 11.4 Å². The smallest absolute Gasteiger partial charge is 0.172 e. The van der Waals surface area contributed by atoms with Crippen molar-refractivity contribution >= 4 is 23.3 Å². The van der Waals surface area contributed by atoms with E-state index in [4.69, 9.17) is 5.73 Å². The van der Waals surface area contributed by atoms with E-state index in [1.807, 2.05) is 6.08 Å². The Morgan fingerprint density at radius 1 is 1.13 bits per heavy atom. The van der Waals surface area contributed by atoms with E-state index in [-0.39, 0.29) is 22.8 Å². The first-order valence-electron chi connectivity index (χ1n) is 10.2. The van der Waals surface area contributed by atoms with Crippen molar-refractivity contribution in [1.29, 1.82) is 0 Å². The van der Waals surface area contributed by atoms with Gasteiger partial charge in [0.2, 0.25) is 0 Å². The third-order valence-corrected chi connectivity index (χ3v) is 5.42. The maximum Gasteiger partial charge on any atom is 0.172 e. The second-order valence-electron chi connectivity index (χ2n) is 9.38. The Bertz CT molecular complexity index is 1010. The van der Waals surface area contributed by atoms with Crippen LogP contribution in [0.1, 0.15) is 46.1 Å². The number of anilines is 2. The molecule has 1 fully saturated rings. The highest BCUT2D eigenvalue weighted by atomic mass is 19.1. The van der Waals surface area contributed by atoms with Crippen molar-refractivity contribution in [3.63, 3.8) is 0 Å². The molecule has 2 aliphatic rings. The van der Waals surface area contributed by atoms with Crippen LogP contribution in [0.5, 0.6) is 0 Å². The topological polar surface area (TPSA) is 101 Å².